The van der Waals surface area contributed by atoms with Crippen LogP contribution >= 0.6 is 27.5 Å². The molecule has 0 aliphatic heterocycles. The molecule has 2 aromatic carbocycles. The van der Waals surface area contributed by atoms with Gasteiger partial charge in [-0.2, -0.15) is 0 Å². The monoisotopic (exact) mass is 370 g/mol. The normalized spacial score (nSPS) is 12.2. The number of nitrogens with two attached hydrogens (primary N) is 1. The molecule has 0 saturated carbocycles. The first-order chi connectivity index (χ1) is 10.1. The van der Waals surface area contributed by atoms with Crippen LogP contribution in [0.25, 0.3) is 0 Å². The Kier molecular flexibility index (Phi) is 5.62. The number of halogens is 3. The van der Waals surface area contributed by atoms with E-state index < -0.39 is 0 Å². The Labute approximate surface area is 137 Å². The molecular weight excluding hydrogens is 355 g/mol. The summed E-state index contributed by atoms with van der Waals surface area (Å²) in [5.41, 5.74) is 7.86. The van der Waals surface area contributed by atoms with Crippen molar-refractivity contribution < 1.29 is 4.39 Å². The maximum Gasteiger partial charge on any atom is 0.123 e. The molecule has 21 heavy (non-hydrogen) atoms. The summed E-state index contributed by atoms with van der Waals surface area (Å²) >= 11 is 9.75. The van der Waals surface area contributed by atoms with E-state index in [2.05, 4.69) is 20.8 Å². The van der Waals surface area contributed by atoms with Crippen LogP contribution in [-0.2, 0) is 0 Å². The van der Waals surface area contributed by atoms with E-state index in [9.17, 15) is 4.39 Å². The minimum absolute atomic E-state index is 0.0546. The van der Waals surface area contributed by atoms with Crippen molar-refractivity contribution in [1.29, 1.82) is 0 Å². The van der Waals surface area contributed by atoms with Crippen molar-refractivity contribution >= 4 is 33.2 Å². The van der Waals surface area contributed by atoms with Crippen LogP contribution in [0.4, 0.5) is 10.1 Å². The van der Waals surface area contributed by atoms with Crippen molar-refractivity contribution in [1.82, 2.24) is 0 Å². The molecule has 2 aromatic rings. The zero-order valence-corrected chi connectivity index (χ0v) is 14.0. The standard InChI is InChI=1S/C16H17BrClFN2/c1-2-21(13-6-4-12(19)5-7-13)16(10-20)14-8-3-11(17)9-15(14)18/h3-9,16H,2,10,20H2,1H3. The zero-order valence-electron chi connectivity index (χ0n) is 11.7. The molecule has 5 heteroatoms. The molecule has 2 nitrogen and oxygen atoms in total. The molecule has 0 spiro atoms. The fourth-order valence-corrected chi connectivity index (χ4v) is 3.21. The molecule has 2 N–H and O–H groups in total. The Hall–Kier alpha value is -1.10. The van der Waals surface area contributed by atoms with Crippen LogP contribution in [0.15, 0.2) is 46.9 Å². The summed E-state index contributed by atoms with van der Waals surface area (Å²) < 4.78 is 14.0. The van der Waals surface area contributed by atoms with Gasteiger partial charge in [-0.25, -0.2) is 4.39 Å². The lowest BCUT2D eigenvalue weighted by atomic mass is 10.0. The second-order valence-corrected chi connectivity index (χ2v) is 6.00. The van der Waals surface area contributed by atoms with Gasteiger partial charge in [0.25, 0.3) is 0 Å². The summed E-state index contributed by atoms with van der Waals surface area (Å²) in [5, 5.41) is 0.667. The molecule has 0 aromatic heterocycles. The van der Waals surface area contributed by atoms with Crippen LogP contribution in [0.3, 0.4) is 0 Å². The summed E-state index contributed by atoms with van der Waals surface area (Å²) in [4.78, 5) is 2.12. The molecule has 1 unspecified atom stereocenters. The molecular formula is C16H17BrClFN2. The highest BCUT2D eigenvalue weighted by molar-refractivity contribution is 9.10. The molecule has 0 saturated heterocycles. The Morgan fingerprint density at radius 1 is 1.24 bits per heavy atom. The predicted molar refractivity (Wildman–Crippen MR) is 90.4 cm³/mol. The van der Waals surface area contributed by atoms with Crippen molar-refractivity contribution in [3.8, 4) is 0 Å². The van der Waals surface area contributed by atoms with E-state index in [1.165, 1.54) is 12.1 Å². The molecule has 0 amide bonds. The Balaban J connectivity index is 2.39. The predicted octanol–water partition coefficient (Wildman–Crippen LogP) is 4.77. The van der Waals surface area contributed by atoms with Gasteiger partial charge in [-0.15, -0.1) is 0 Å². The minimum atomic E-state index is -0.249. The highest BCUT2D eigenvalue weighted by Gasteiger charge is 2.20. The summed E-state index contributed by atoms with van der Waals surface area (Å²) in [5.74, 6) is -0.249. The second kappa shape index (κ2) is 7.25. The number of nitrogens with zero attached hydrogens (tertiary/aromatic N) is 1. The number of anilines is 1. The van der Waals surface area contributed by atoms with Gasteiger partial charge in [0, 0.05) is 28.3 Å². The van der Waals surface area contributed by atoms with Gasteiger partial charge in [-0.3, -0.25) is 0 Å². The van der Waals surface area contributed by atoms with Gasteiger partial charge in [0.05, 0.1) is 6.04 Å². The van der Waals surface area contributed by atoms with Gasteiger partial charge < -0.3 is 10.6 Å². The molecule has 0 heterocycles. The molecule has 0 bridgehead atoms. The number of hydrogen-bond acceptors (Lipinski definition) is 2. The van der Waals surface area contributed by atoms with E-state index in [0.29, 0.717) is 11.6 Å². The Bertz CT molecular complexity index is 604. The van der Waals surface area contributed by atoms with Crippen LogP contribution < -0.4 is 10.6 Å². The third-order valence-corrected chi connectivity index (χ3v) is 4.24. The van der Waals surface area contributed by atoms with E-state index in [1.54, 1.807) is 12.1 Å². The van der Waals surface area contributed by atoms with Gasteiger partial charge in [0.1, 0.15) is 5.82 Å². The SMILES string of the molecule is CCN(c1ccc(F)cc1)C(CN)c1ccc(Br)cc1Cl. The average Bonchev–Trinajstić information content (AvgIpc) is 2.47. The third-order valence-electron chi connectivity index (χ3n) is 3.42. The lowest BCUT2D eigenvalue weighted by Gasteiger charge is -2.33. The molecule has 0 aliphatic rings. The highest BCUT2D eigenvalue weighted by atomic mass is 79.9. The number of hydrogen-bond donors (Lipinski definition) is 1. The Morgan fingerprint density at radius 3 is 2.43 bits per heavy atom. The zero-order chi connectivity index (χ0) is 15.4. The molecule has 1 atom stereocenters. The summed E-state index contributed by atoms with van der Waals surface area (Å²) in [6.07, 6.45) is 0. The van der Waals surface area contributed by atoms with E-state index in [4.69, 9.17) is 17.3 Å². The highest BCUT2D eigenvalue weighted by Crippen LogP contribution is 2.32. The molecule has 0 aliphatic carbocycles. The fraction of sp³-hybridized carbons (Fsp3) is 0.250. The van der Waals surface area contributed by atoms with Crippen LogP contribution in [0.2, 0.25) is 5.02 Å². The maximum absolute atomic E-state index is 13.1. The van der Waals surface area contributed by atoms with E-state index >= 15 is 0 Å². The lowest BCUT2D eigenvalue weighted by molar-refractivity contribution is 0.622. The Morgan fingerprint density at radius 2 is 1.90 bits per heavy atom. The maximum atomic E-state index is 13.1. The topological polar surface area (TPSA) is 29.3 Å². The van der Waals surface area contributed by atoms with Crippen molar-refractivity contribution in [2.45, 2.75) is 13.0 Å². The van der Waals surface area contributed by atoms with Gasteiger partial charge in [-0.1, -0.05) is 33.6 Å². The first-order valence-electron chi connectivity index (χ1n) is 6.74. The van der Waals surface area contributed by atoms with Crippen molar-refractivity contribution in [2.75, 3.05) is 18.0 Å². The third kappa shape index (κ3) is 3.76. The van der Waals surface area contributed by atoms with Gasteiger partial charge in [0.15, 0.2) is 0 Å². The molecule has 0 fully saturated rings. The molecule has 112 valence electrons. The molecule has 2 rings (SSSR count). The van der Waals surface area contributed by atoms with E-state index in [1.807, 2.05) is 25.1 Å². The summed E-state index contributed by atoms with van der Waals surface area (Å²) in [7, 11) is 0. The van der Waals surface area contributed by atoms with E-state index in [0.717, 1.165) is 22.3 Å². The minimum Gasteiger partial charge on any atom is -0.363 e. The van der Waals surface area contributed by atoms with Crippen molar-refractivity contribution in [2.24, 2.45) is 5.73 Å². The van der Waals surface area contributed by atoms with Crippen molar-refractivity contribution in [3.05, 3.63) is 63.3 Å². The smallest absolute Gasteiger partial charge is 0.123 e. The number of likely N-dealkylation sites (N-methyl/N-ethyl adjacent to an activating group) is 1. The van der Waals surface area contributed by atoms with Crippen LogP contribution in [0, 0.1) is 5.82 Å². The molecule has 0 radical (unpaired) electrons. The average molecular weight is 372 g/mol. The lowest BCUT2D eigenvalue weighted by Crippen LogP contribution is -2.33. The van der Waals surface area contributed by atoms with E-state index in [-0.39, 0.29) is 11.9 Å². The van der Waals surface area contributed by atoms with Gasteiger partial charge >= 0.3 is 0 Å². The van der Waals surface area contributed by atoms with Crippen LogP contribution in [0.1, 0.15) is 18.5 Å². The summed E-state index contributed by atoms with van der Waals surface area (Å²) in [6, 6.07) is 12.1. The second-order valence-electron chi connectivity index (χ2n) is 4.68. The van der Waals surface area contributed by atoms with Gasteiger partial charge in [-0.05, 0) is 48.9 Å². The van der Waals surface area contributed by atoms with Crippen LogP contribution in [-0.4, -0.2) is 13.1 Å². The van der Waals surface area contributed by atoms with Crippen molar-refractivity contribution in [3.63, 3.8) is 0 Å². The van der Waals surface area contributed by atoms with Gasteiger partial charge in [0.2, 0.25) is 0 Å². The fourth-order valence-electron chi connectivity index (χ4n) is 2.41. The number of benzene rings is 2. The first kappa shape index (κ1) is 16.3. The quantitative estimate of drug-likeness (QED) is 0.820. The first-order valence-corrected chi connectivity index (χ1v) is 7.91. The van der Waals surface area contributed by atoms with Crippen LogP contribution in [0.5, 0.6) is 0 Å². The summed E-state index contributed by atoms with van der Waals surface area (Å²) in [6.45, 7) is 3.21. The number of rotatable bonds is 5. The largest absolute Gasteiger partial charge is 0.363 e.